The van der Waals surface area contributed by atoms with Crippen molar-refractivity contribution in [1.82, 2.24) is 4.98 Å². The molecule has 1 aromatic heterocycles. The number of para-hydroxylation sites is 1. The van der Waals surface area contributed by atoms with Crippen LogP contribution in [0.5, 0.6) is 0 Å². The lowest BCUT2D eigenvalue weighted by Gasteiger charge is -2.06. The van der Waals surface area contributed by atoms with Gasteiger partial charge in [-0.3, -0.25) is 4.79 Å². The highest BCUT2D eigenvalue weighted by atomic mass is 35.5. The second-order valence-corrected chi connectivity index (χ2v) is 4.76. The normalized spacial score (nSPS) is 10.7. The van der Waals surface area contributed by atoms with Gasteiger partial charge >= 0.3 is 0 Å². The van der Waals surface area contributed by atoms with E-state index < -0.39 is 0 Å². The van der Waals surface area contributed by atoms with Gasteiger partial charge in [-0.25, -0.2) is 4.98 Å². The van der Waals surface area contributed by atoms with Crippen molar-refractivity contribution >= 4 is 34.3 Å². The fourth-order valence-electron chi connectivity index (χ4n) is 1.94. The van der Waals surface area contributed by atoms with Gasteiger partial charge in [-0.15, -0.1) is 0 Å². The van der Waals surface area contributed by atoms with Gasteiger partial charge in [0.2, 0.25) is 0 Å². The van der Waals surface area contributed by atoms with Crippen LogP contribution in [0.15, 0.2) is 46.9 Å². The Morgan fingerprint density at radius 3 is 2.85 bits per heavy atom. The molecule has 20 heavy (non-hydrogen) atoms. The molecule has 0 fully saturated rings. The lowest BCUT2D eigenvalue weighted by atomic mass is 10.2. The molecule has 0 aliphatic heterocycles. The molecular weight excluding hydrogens is 276 g/mol. The quantitative estimate of drug-likeness (QED) is 0.773. The van der Waals surface area contributed by atoms with Crippen molar-refractivity contribution in [2.24, 2.45) is 0 Å². The van der Waals surface area contributed by atoms with Crippen molar-refractivity contribution in [2.45, 2.75) is 6.92 Å². The molecule has 3 aromatic rings. The Balaban J connectivity index is 1.90. The highest BCUT2D eigenvalue weighted by molar-refractivity contribution is 6.33. The maximum Gasteiger partial charge on any atom is 0.255 e. The van der Waals surface area contributed by atoms with Gasteiger partial charge in [0.15, 0.2) is 11.5 Å². The first-order valence-electron chi connectivity index (χ1n) is 6.06. The summed E-state index contributed by atoms with van der Waals surface area (Å²) < 4.78 is 5.42. The molecule has 2 aromatic carbocycles. The Hall–Kier alpha value is -2.33. The van der Waals surface area contributed by atoms with Gasteiger partial charge in [0.25, 0.3) is 5.91 Å². The van der Waals surface area contributed by atoms with E-state index in [0.29, 0.717) is 27.7 Å². The first-order valence-corrected chi connectivity index (χ1v) is 6.44. The van der Waals surface area contributed by atoms with Crippen molar-refractivity contribution in [3.8, 4) is 0 Å². The summed E-state index contributed by atoms with van der Waals surface area (Å²) in [5.74, 6) is 0.331. The predicted octanol–water partition coefficient (Wildman–Crippen LogP) is 4.04. The molecule has 0 aliphatic carbocycles. The third kappa shape index (κ3) is 2.38. The third-order valence-corrected chi connectivity index (χ3v) is 3.21. The molecule has 5 heteroatoms. The summed E-state index contributed by atoms with van der Waals surface area (Å²) in [5, 5.41) is 3.26. The van der Waals surface area contributed by atoms with E-state index in [0.717, 1.165) is 5.52 Å². The number of fused-ring (bicyclic) bond motifs is 1. The number of rotatable bonds is 2. The molecule has 0 saturated heterocycles. The van der Waals surface area contributed by atoms with E-state index in [1.54, 1.807) is 43.3 Å². The van der Waals surface area contributed by atoms with Crippen LogP contribution in [0.4, 0.5) is 5.69 Å². The summed E-state index contributed by atoms with van der Waals surface area (Å²) >= 11 is 6.01. The lowest BCUT2D eigenvalue weighted by Crippen LogP contribution is -2.11. The van der Waals surface area contributed by atoms with E-state index in [2.05, 4.69) is 10.3 Å². The number of halogens is 1. The smallest absolute Gasteiger partial charge is 0.255 e. The summed E-state index contributed by atoms with van der Waals surface area (Å²) in [6.07, 6.45) is 0. The Morgan fingerprint density at radius 2 is 2.05 bits per heavy atom. The number of hydrogen-bond donors (Lipinski definition) is 1. The summed E-state index contributed by atoms with van der Waals surface area (Å²) in [6.45, 7) is 1.77. The van der Waals surface area contributed by atoms with E-state index >= 15 is 0 Å². The van der Waals surface area contributed by atoms with Gasteiger partial charge < -0.3 is 9.73 Å². The van der Waals surface area contributed by atoms with Crippen molar-refractivity contribution < 1.29 is 9.21 Å². The Morgan fingerprint density at radius 1 is 1.25 bits per heavy atom. The number of nitrogens with zero attached hydrogens (tertiary/aromatic N) is 1. The minimum absolute atomic E-state index is 0.242. The Bertz CT molecular complexity index is 795. The van der Waals surface area contributed by atoms with E-state index in [1.165, 1.54) is 0 Å². The van der Waals surface area contributed by atoms with E-state index in [4.69, 9.17) is 16.0 Å². The Labute approximate surface area is 120 Å². The van der Waals surface area contributed by atoms with Crippen LogP contribution in [0.2, 0.25) is 5.02 Å². The van der Waals surface area contributed by atoms with Gasteiger partial charge in [0.1, 0.15) is 5.52 Å². The monoisotopic (exact) mass is 286 g/mol. The standard InChI is InChI=1S/C15H11ClN2O2/c1-9-17-13-7-6-10(8-14(13)20-9)15(19)18-12-5-3-2-4-11(12)16/h2-8H,1H3,(H,18,19). The summed E-state index contributed by atoms with van der Waals surface area (Å²) in [7, 11) is 0. The molecule has 0 bridgehead atoms. The molecule has 0 aliphatic rings. The number of nitrogens with one attached hydrogen (secondary N) is 1. The number of amides is 1. The zero-order valence-electron chi connectivity index (χ0n) is 10.7. The number of benzene rings is 2. The number of carbonyl (C=O) groups excluding carboxylic acids is 1. The second kappa shape index (κ2) is 4.98. The summed E-state index contributed by atoms with van der Waals surface area (Å²) in [6, 6.07) is 12.2. The van der Waals surface area contributed by atoms with Crippen molar-refractivity contribution in [3.63, 3.8) is 0 Å². The largest absolute Gasteiger partial charge is 0.441 e. The molecule has 0 radical (unpaired) electrons. The molecule has 100 valence electrons. The van der Waals surface area contributed by atoms with Crippen LogP contribution in [0.1, 0.15) is 16.2 Å². The van der Waals surface area contributed by atoms with Crippen LogP contribution < -0.4 is 5.32 Å². The highest BCUT2D eigenvalue weighted by Gasteiger charge is 2.11. The first-order chi connectivity index (χ1) is 9.63. The number of oxazole rings is 1. The fraction of sp³-hybridized carbons (Fsp3) is 0.0667. The highest BCUT2D eigenvalue weighted by Crippen LogP contribution is 2.22. The molecule has 3 rings (SSSR count). The number of anilines is 1. The van der Waals surface area contributed by atoms with E-state index in [-0.39, 0.29) is 5.91 Å². The van der Waals surface area contributed by atoms with Crippen LogP contribution in [0.25, 0.3) is 11.1 Å². The minimum Gasteiger partial charge on any atom is -0.441 e. The minimum atomic E-state index is -0.242. The van der Waals surface area contributed by atoms with Gasteiger partial charge in [-0.1, -0.05) is 23.7 Å². The molecule has 0 saturated carbocycles. The molecule has 0 unspecified atom stereocenters. The second-order valence-electron chi connectivity index (χ2n) is 4.35. The fourth-order valence-corrected chi connectivity index (χ4v) is 2.12. The van der Waals surface area contributed by atoms with Crippen LogP contribution in [-0.4, -0.2) is 10.9 Å². The predicted molar refractivity (Wildman–Crippen MR) is 78.2 cm³/mol. The molecule has 4 nitrogen and oxygen atoms in total. The number of aryl methyl sites for hydroxylation is 1. The maximum absolute atomic E-state index is 12.2. The van der Waals surface area contributed by atoms with E-state index in [9.17, 15) is 4.79 Å². The average Bonchev–Trinajstić information content (AvgIpc) is 2.80. The zero-order valence-corrected chi connectivity index (χ0v) is 11.4. The number of hydrogen-bond acceptors (Lipinski definition) is 3. The van der Waals surface area contributed by atoms with Gasteiger partial charge in [0.05, 0.1) is 10.7 Å². The molecule has 0 atom stereocenters. The first kappa shape index (κ1) is 12.7. The van der Waals surface area contributed by atoms with Crippen molar-refractivity contribution in [2.75, 3.05) is 5.32 Å². The third-order valence-electron chi connectivity index (χ3n) is 2.88. The van der Waals surface area contributed by atoms with Crippen LogP contribution in [0.3, 0.4) is 0 Å². The number of aromatic nitrogens is 1. The topological polar surface area (TPSA) is 55.1 Å². The van der Waals surface area contributed by atoms with E-state index in [1.807, 2.05) is 6.07 Å². The zero-order chi connectivity index (χ0) is 14.1. The summed E-state index contributed by atoms with van der Waals surface area (Å²) in [4.78, 5) is 16.4. The van der Waals surface area contributed by atoms with Crippen LogP contribution in [0, 0.1) is 6.92 Å². The van der Waals surface area contributed by atoms with Gasteiger partial charge in [-0.05, 0) is 30.3 Å². The maximum atomic E-state index is 12.2. The number of carbonyl (C=O) groups is 1. The lowest BCUT2D eigenvalue weighted by molar-refractivity contribution is 0.102. The van der Waals surface area contributed by atoms with Crippen LogP contribution >= 0.6 is 11.6 Å². The molecule has 1 heterocycles. The summed E-state index contributed by atoms with van der Waals surface area (Å²) in [5.41, 5.74) is 2.40. The van der Waals surface area contributed by atoms with Crippen LogP contribution in [-0.2, 0) is 0 Å². The molecular formula is C15H11ClN2O2. The van der Waals surface area contributed by atoms with Crippen molar-refractivity contribution in [3.05, 3.63) is 58.9 Å². The van der Waals surface area contributed by atoms with Crippen molar-refractivity contribution in [1.29, 1.82) is 0 Å². The molecule has 0 spiro atoms. The SMILES string of the molecule is Cc1nc2ccc(C(=O)Nc3ccccc3Cl)cc2o1. The molecule has 1 N–H and O–H groups in total. The average molecular weight is 287 g/mol. The Kier molecular flexibility index (Phi) is 3.16. The van der Waals surface area contributed by atoms with Gasteiger partial charge in [0, 0.05) is 12.5 Å². The molecule has 1 amide bonds. The van der Waals surface area contributed by atoms with Gasteiger partial charge in [-0.2, -0.15) is 0 Å².